The molecule has 1 aromatic rings. The summed E-state index contributed by atoms with van der Waals surface area (Å²) >= 11 is 1.82. The zero-order chi connectivity index (χ0) is 16.5. The smallest absolute Gasteiger partial charge is 0.193 e. The number of rotatable bonds is 7. The fourth-order valence-corrected chi connectivity index (χ4v) is 3.48. The maximum atomic E-state index is 5.40. The first kappa shape index (κ1) is 21.7. The van der Waals surface area contributed by atoms with Crippen LogP contribution >= 0.6 is 35.3 Å². The molecule has 0 spiro atoms. The number of likely N-dealkylation sites (N-methyl/N-ethyl adjacent to an activating group) is 1. The van der Waals surface area contributed by atoms with Crippen LogP contribution < -0.4 is 5.32 Å². The third kappa shape index (κ3) is 7.67. The van der Waals surface area contributed by atoms with Gasteiger partial charge in [0.05, 0.1) is 13.2 Å². The molecule has 1 unspecified atom stereocenters. The van der Waals surface area contributed by atoms with Crippen LogP contribution in [-0.4, -0.2) is 75.8 Å². The van der Waals surface area contributed by atoms with Gasteiger partial charge in [-0.15, -0.1) is 35.3 Å². The van der Waals surface area contributed by atoms with Crippen LogP contribution in [0.4, 0.5) is 0 Å². The van der Waals surface area contributed by atoms with E-state index < -0.39 is 0 Å². The van der Waals surface area contributed by atoms with Crippen molar-refractivity contribution in [2.24, 2.45) is 10.9 Å². The van der Waals surface area contributed by atoms with Crippen LogP contribution in [0.2, 0.25) is 0 Å². The molecule has 0 radical (unpaired) electrons. The summed E-state index contributed by atoms with van der Waals surface area (Å²) in [5.41, 5.74) is 0. The molecule has 1 aromatic heterocycles. The Balaban J connectivity index is 0.00000288. The number of aliphatic imine (C=N–C) groups is 1. The molecule has 2 heterocycles. The van der Waals surface area contributed by atoms with Crippen molar-refractivity contribution in [3.63, 3.8) is 0 Å². The normalized spacial score (nSPS) is 17.2. The highest BCUT2D eigenvalue weighted by molar-refractivity contribution is 14.0. The highest BCUT2D eigenvalue weighted by atomic mass is 127. The second-order valence-corrected chi connectivity index (χ2v) is 7.23. The Labute approximate surface area is 167 Å². The maximum Gasteiger partial charge on any atom is 0.193 e. The maximum absolute atomic E-state index is 5.40. The summed E-state index contributed by atoms with van der Waals surface area (Å²) in [4.78, 5) is 10.5. The van der Waals surface area contributed by atoms with Crippen molar-refractivity contribution in [1.29, 1.82) is 0 Å². The molecule has 1 N–H and O–H groups in total. The first-order valence-corrected chi connectivity index (χ1v) is 9.31. The van der Waals surface area contributed by atoms with Gasteiger partial charge in [-0.25, -0.2) is 0 Å². The Morgan fingerprint density at radius 3 is 2.83 bits per heavy atom. The molecular weight excluding hydrogens is 435 g/mol. The molecule has 138 valence electrons. The van der Waals surface area contributed by atoms with Crippen molar-refractivity contribution >= 4 is 41.3 Å². The van der Waals surface area contributed by atoms with Gasteiger partial charge in [-0.05, 0) is 23.8 Å². The SMILES string of the molecule is CN=C(NCC(C)CN1CCOCC1)N(C)CCc1cccs1.I. The second kappa shape index (κ2) is 12.1. The van der Waals surface area contributed by atoms with Gasteiger partial charge in [0, 0.05) is 51.7 Å². The van der Waals surface area contributed by atoms with Crippen LogP contribution in [0.15, 0.2) is 22.5 Å². The van der Waals surface area contributed by atoms with Crippen molar-refractivity contribution < 1.29 is 4.74 Å². The zero-order valence-corrected chi connectivity index (χ0v) is 18.2. The van der Waals surface area contributed by atoms with E-state index in [9.17, 15) is 0 Å². The lowest BCUT2D eigenvalue weighted by molar-refractivity contribution is 0.0320. The quantitative estimate of drug-likeness (QED) is 0.381. The second-order valence-electron chi connectivity index (χ2n) is 6.20. The number of morpholine rings is 1. The molecule has 2 rings (SSSR count). The van der Waals surface area contributed by atoms with Gasteiger partial charge in [-0.1, -0.05) is 13.0 Å². The number of nitrogens with one attached hydrogen (secondary N) is 1. The Kier molecular flexibility index (Phi) is 10.9. The third-order valence-electron chi connectivity index (χ3n) is 4.13. The van der Waals surface area contributed by atoms with E-state index in [1.807, 2.05) is 18.4 Å². The zero-order valence-electron chi connectivity index (χ0n) is 15.0. The van der Waals surface area contributed by atoms with Gasteiger partial charge in [0.15, 0.2) is 5.96 Å². The number of hydrogen-bond donors (Lipinski definition) is 1. The van der Waals surface area contributed by atoms with Gasteiger partial charge in [-0.3, -0.25) is 9.89 Å². The van der Waals surface area contributed by atoms with E-state index in [1.165, 1.54) is 4.88 Å². The molecule has 1 aliphatic heterocycles. The van der Waals surface area contributed by atoms with E-state index >= 15 is 0 Å². The largest absolute Gasteiger partial charge is 0.379 e. The van der Waals surface area contributed by atoms with E-state index in [4.69, 9.17) is 4.74 Å². The van der Waals surface area contributed by atoms with Gasteiger partial charge >= 0.3 is 0 Å². The van der Waals surface area contributed by atoms with Crippen LogP contribution in [0.3, 0.4) is 0 Å². The summed E-state index contributed by atoms with van der Waals surface area (Å²) in [5, 5.41) is 5.64. The van der Waals surface area contributed by atoms with Crippen molar-refractivity contribution in [2.45, 2.75) is 13.3 Å². The Bertz CT molecular complexity index is 463. The summed E-state index contributed by atoms with van der Waals surface area (Å²) in [6.07, 6.45) is 1.07. The highest BCUT2D eigenvalue weighted by Gasteiger charge is 2.14. The van der Waals surface area contributed by atoms with Crippen molar-refractivity contribution in [2.75, 3.05) is 60.0 Å². The molecule has 0 saturated carbocycles. The highest BCUT2D eigenvalue weighted by Crippen LogP contribution is 2.09. The number of nitrogens with zero attached hydrogens (tertiary/aromatic N) is 3. The van der Waals surface area contributed by atoms with E-state index in [0.29, 0.717) is 5.92 Å². The summed E-state index contributed by atoms with van der Waals surface area (Å²) in [6, 6.07) is 4.31. The molecule has 24 heavy (non-hydrogen) atoms. The summed E-state index contributed by atoms with van der Waals surface area (Å²) in [6.45, 7) is 9.19. The fraction of sp³-hybridized carbons (Fsp3) is 0.706. The Morgan fingerprint density at radius 2 is 2.21 bits per heavy atom. The van der Waals surface area contributed by atoms with Gasteiger partial charge in [0.2, 0.25) is 0 Å². The summed E-state index contributed by atoms with van der Waals surface area (Å²) < 4.78 is 5.40. The van der Waals surface area contributed by atoms with Crippen molar-refractivity contribution in [1.82, 2.24) is 15.1 Å². The van der Waals surface area contributed by atoms with Gasteiger partial charge < -0.3 is 15.0 Å². The first-order chi connectivity index (χ1) is 11.2. The average molecular weight is 466 g/mol. The average Bonchev–Trinajstić information content (AvgIpc) is 3.08. The van der Waals surface area contributed by atoms with E-state index in [1.54, 1.807) is 0 Å². The minimum absolute atomic E-state index is 0. The molecular formula is C17H31IN4OS. The predicted molar refractivity (Wildman–Crippen MR) is 114 cm³/mol. The van der Waals surface area contributed by atoms with E-state index in [0.717, 1.165) is 58.3 Å². The lowest BCUT2D eigenvalue weighted by atomic mass is 10.1. The molecule has 1 aliphatic rings. The molecule has 0 amide bonds. The number of thiophene rings is 1. The van der Waals surface area contributed by atoms with Crippen molar-refractivity contribution in [3.05, 3.63) is 22.4 Å². The molecule has 0 aromatic carbocycles. The number of guanidine groups is 1. The van der Waals surface area contributed by atoms with E-state index in [2.05, 4.69) is 51.6 Å². The Morgan fingerprint density at radius 1 is 1.46 bits per heavy atom. The number of ether oxygens (including phenoxy) is 1. The fourth-order valence-electron chi connectivity index (χ4n) is 2.78. The topological polar surface area (TPSA) is 40.1 Å². The monoisotopic (exact) mass is 466 g/mol. The standard InChI is InChI=1S/C17H30N4OS.HI/c1-15(14-21-8-10-22-11-9-21)13-19-17(18-2)20(3)7-6-16-5-4-12-23-16;/h4-5,12,15H,6-11,13-14H2,1-3H3,(H,18,19);1H. The lowest BCUT2D eigenvalue weighted by Crippen LogP contribution is -2.44. The molecule has 1 fully saturated rings. The summed E-state index contributed by atoms with van der Waals surface area (Å²) in [7, 11) is 3.96. The number of halogens is 1. The minimum Gasteiger partial charge on any atom is -0.379 e. The van der Waals surface area contributed by atoms with Gasteiger partial charge in [0.25, 0.3) is 0 Å². The predicted octanol–water partition coefficient (Wildman–Crippen LogP) is 2.38. The lowest BCUT2D eigenvalue weighted by Gasteiger charge is -2.30. The van der Waals surface area contributed by atoms with Crippen LogP contribution in [0.5, 0.6) is 0 Å². The molecule has 1 saturated heterocycles. The third-order valence-corrected chi connectivity index (χ3v) is 5.07. The first-order valence-electron chi connectivity index (χ1n) is 8.43. The van der Waals surface area contributed by atoms with Gasteiger partial charge in [0.1, 0.15) is 0 Å². The molecule has 5 nitrogen and oxygen atoms in total. The Hall–Kier alpha value is -0.380. The molecule has 1 atom stereocenters. The van der Waals surface area contributed by atoms with Crippen LogP contribution in [-0.2, 0) is 11.2 Å². The van der Waals surface area contributed by atoms with Crippen LogP contribution in [0.25, 0.3) is 0 Å². The summed E-state index contributed by atoms with van der Waals surface area (Å²) in [5.74, 6) is 1.57. The molecule has 0 bridgehead atoms. The van der Waals surface area contributed by atoms with Crippen LogP contribution in [0.1, 0.15) is 11.8 Å². The van der Waals surface area contributed by atoms with Crippen LogP contribution in [0, 0.1) is 5.92 Å². The molecule has 7 heteroatoms. The van der Waals surface area contributed by atoms with Gasteiger partial charge in [-0.2, -0.15) is 0 Å². The molecule has 0 aliphatic carbocycles. The minimum atomic E-state index is 0. The number of hydrogen-bond acceptors (Lipinski definition) is 4. The van der Waals surface area contributed by atoms with Crippen molar-refractivity contribution in [3.8, 4) is 0 Å². The van der Waals surface area contributed by atoms with E-state index in [-0.39, 0.29) is 24.0 Å².